The zero-order valence-electron chi connectivity index (χ0n) is 21.1. The van der Waals surface area contributed by atoms with Crippen molar-refractivity contribution >= 4 is 5.90 Å². The summed E-state index contributed by atoms with van der Waals surface area (Å²) in [6.45, 7) is 12.6. The Morgan fingerprint density at radius 2 is 1.69 bits per heavy atom. The highest BCUT2D eigenvalue weighted by atomic mass is 16.5. The highest BCUT2D eigenvalue weighted by Crippen LogP contribution is 2.68. The standard InChI is InChI=1S/C28H47NO3/c1-17(6-9-24-29-26(2,3)16-32-24)20-7-8-21-25-22(11-13-28(20,21)5)27(4)12-10-19(30)14-18(27)15-23(25)31/h17-23,25,30-31H,6-16H2,1-5H3/t17-,18-,19+,20-,21+,22+,23-,25+,27+,28-/m1/s1. The van der Waals surface area contributed by atoms with E-state index in [0.717, 1.165) is 56.9 Å². The highest BCUT2D eigenvalue weighted by Gasteiger charge is 2.62. The van der Waals surface area contributed by atoms with Gasteiger partial charge in [-0.05, 0) is 118 Å². The third-order valence-electron chi connectivity index (χ3n) is 11.2. The van der Waals surface area contributed by atoms with Gasteiger partial charge in [0.15, 0.2) is 5.90 Å². The Bertz CT molecular complexity index is 749. The predicted octanol–water partition coefficient (Wildman–Crippen LogP) is 5.60. The molecule has 0 aromatic carbocycles. The molecule has 2 N–H and O–H groups in total. The molecule has 0 radical (unpaired) electrons. The first-order valence-corrected chi connectivity index (χ1v) is 13.6. The molecule has 5 aliphatic rings. The molecule has 0 bridgehead atoms. The molecule has 4 nitrogen and oxygen atoms in total. The fourth-order valence-corrected chi connectivity index (χ4v) is 9.52. The van der Waals surface area contributed by atoms with Gasteiger partial charge in [0.05, 0.1) is 17.7 Å². The second-order valence-electron chi connectivity index (χ2n) is 13.6. The van der Waals surface area contributed by atoms with Gasteiger partial charge in [0, 0.05) is 6.42 Å². The molecule has 0 amide bonds. The molecule has 0 saturated heterocycles. The predicted molar refractivity (Wildman–Crippen MR) is 128 cm³/mol. The van der Waals surface area contributed by atoms with E-state index in [9.17, 15) is 10.2 Å². The van der Waals surface area contributed by atoms with Crippen molar-refractivity contribution < 1.29 is 14.9 Å². The summed E-state index contributed by atoms with van der Waals surface area (Å²) in [5.74, 6) is 4.64. The van der Waals surface area contributed by atoms with Gasteiger partial charge in [0.2, 0.25) is 0 Å². The molecule has 1 heterocycles. The molecule has 5 rings (SSSR count). The van der Waals surface area contributed by atoms with Crippen molar-refractivity contribution in [3.8, 4) is 0 Å². The van der Waals surface area contributed by atoms with Crippen LogP contribution < -0.4 is 0 Å². The number of ether oxygens (including phenoxy) is 1. The zero-order chi connectivity index (χ0) is 22.9. The summed E-state index contributed by atoms with van der Waals surface area (Å²) in [5.41, 5.74) is 0.622. The molecule has 32 heavy (non-hydrogen) atoms. The average molecular weight is 446 g/mol. The number of aliphatic hydroxyl groups excluding tert-OH is 2. The van der Waals surface area contributed by atoms with Gasteiger partial charge < -0.3 is 14.9 Å². The summed E-state index contributed by atoms with van der Waals surface area (Å²) < 4.78 is 5.87. The SMILES string of the molecule is C[C@H](CCC1=NC(C)(C)CO1)[C@H]1CC[C@H]2[C@@H]3[C@H](O)C[C@H]4C[C@@H](O)CC[C@]4(C)[C@H]3CC[C@]12C. The number of fused-ring (bicyclic) bond motifs is 5. The van der Waals surface area contributed by atoms with Gasteiger partial charge in [-0.1, -0.05) is 20.8 Å². The van der Waals surface area contributed by atoms with Crippen LogP contribution >= 0.6 is 0 Å². The summed E-state index contributed by atoms with van der Waals surface area (Å²) >= 11 is 0. The van der Waals surface area contributed by atoms with E-state index in [2.05, 4.69) is 34.6 Å². The maximum Gasteiger partial charge on any atom is 0.183 e. The van der Waals surface area contributed by atoms with Crippen molar-refractivity contribution in [2.24, 2.45) is 51.3 Å². The van der Waals surface area contributed by atoms with E-state index in [0.29, 0.717) is 40.4 Å². The van der Waals surface area contributed by atoms with Crippen molar-refractivity contribution in [3.63, 3.8) is 0 Å². The second-order valence-corrected chi connectivity index (χ2v) is 13.6. The third kappa shape index (κ3) is 3.67. The molecule has 10 atom stereocenters. The normalized spacial score (nSPS) is 50.6. The van der Waals surface area contributed by atoms with E-state index in [1.807, 2.05) is 0 Å². The molecule has 0 unspecified atom stereocenters. The molecule has 4 fully saturated rings. The van der Waals surface area contributed by atoms with Crippen LogP contribution in [0.15, 0.2) is 4.99 Å². The summed E-state index contributed by atoms with van der Waals surface area (Å²) in [7, 11) is 0. The summed E-state index contributed by atoms with van der Waals surface area (Å²) in [6, 6.07) is 0. The Kier molecular flexibility index (Phi) is 5.76. The first-order chi connectivity index (χ1) is 15.0. The highest BCUT2D eigenvalue weighted by molar-refractivity contribution is 5.78. The minimum Gasteiger partial charge on any atom is -0.478 e. The Morgan fingerprint density at radius 1 is 0.969 bits per heavy atom. The third-order valence-corrected chi connectivity index (χ3v) is 11.2. The number of nitrogens with zero attached hydrogens (tertiary/aromatic N) is 1. The van der Waals surface area contributed by atoms with E-state index < -0.39 is 0 Å². The topological polar surface area (TPSA) is 62.0 Å². The second kappa shape index (κ2) is 7.97. The lowest BCUT2D eigenvalue weighted by atomic mass is 9.43. The van der Waals surface area contributed by atoms with Crippen LogP contribution in [0, 0.1) is 46.3 Å². The molecule has 4 aliphatic carbocycles. The minimum absolute atomic E-state index is 0.0539. The summed E-state index contributed by atoms with van der Waals surface area (Å²) in [4.78, 5) is 4.78. The van der Waals surface area contributed by atoms with Crippen molar-refractivity contribution in [1.82, 2.24) is 0 Å². The lowest BCUT2D eigenvalue weighted by molar-refractivity contribution is -0.174. The van der Waals surface area contributed by atoms with Crippen LogP contribution in [0.4, 0.5) is 0 Å². The van der Waals surface area contributed by atoms with Crippen LogP contribution in [0.25, 0.3) is 0 Å². The molecule has 4 saturated carbocycles. The van der Waals surface area contributed by atoms with Gasteiger partial charge in [-0.3, -0.25) is 0 Å². The van der Waals surface area contributed by atoms with Crippen LogP contribution in [0.3, 0.4) is 0 Å². The number of aliphatic imine (C=N–C) groups is 1. The molecular formula is C28H47NO3. The molecule has 182 valence electrons. The van der Waals surface area contributed by atoms with Gasteiger partial charge in [0.1, 0.15) is 6.61 Å². The molecular weight excluding hydrogens is 398 g/mol. The Hall–Kier alpha value is -0.610. The number of rotatable bonds is 4. The summed E-state index contributed by atoms with van der Waals surface area (Å²) in [5, 5.41) is 21.7. The van der Waals surface area contributed by atoms with Crippen LogP contribution in [0.5, 0.6) is 0 Å². The van der Waals surface area contributed by atoms with E-state index >= 15 is 0 Å². The van der Waals surface area contributed by atoms with Crippen molar-refractivity contribution in [2.45, 2.75) is 117 Å². The Balaban J connectivity index is 1.30. The average Bonchev–Trinajstić information content (AvgIpc) is 3.26. The molecule has 0 aromatic rings. The van der Waals surface area contributed by atoms with Crippen LogP contribution in [0.2, 0.25) is 0 Å². The molecule has 0 spiro atoms. The fraction of sp³-hybridized carbons (Fsp3) is 0.964. The number of aliphatic hydroxyl groups is 2. The van der Waals surface area contributed by atoms with Gasteiger partial charge in [0.25, 0.3) is 0 Å². The maximum atomic E-state index is 11.4. The van der Waals surface area contributed by atoms with Gasteiger partial charge in [-0.15, -0.1) is 0 Å². The first kappa shape index (κ1) is 23.1. The molecule has 0 aromatic heterocycles. The zero-order valence-corrected chi connectivity index (χ0v) is 21.1. The monoisotopic (exact) mass is 445 g/mol. The Labute approximate surface area is 195 Å². The van der Waals surface area contributed by atoms with Crippen molar-refractivity contribution in [1.29, 1.82) is 0 Å². The van der Waals surface area contributed by atoms with E-state index in [1.54, 1.807) is 0 Å². The smallest absolute Gasteiger partial charge is 0.183 e. The largest absolute Gasteiger partial charge is 0.478 e. The molecule has 1 aliphatic heterocycles. The molecule has 4 heteroatoms. The summed E-state index contributed by atoms with van der Waals surface area (Å²) in [6.07, 6.45) is 10.9. The van der Waals surface area contributed by atoms with Crippen molar-refractivity contribution in [3.05, 3.63) is 0 Å². The van der Waals surface area contributed by atoms with Crippen LogP contribution in [-0.4, -0.2) is 40.5 Å². The van der Waals surface area contributed by atoms with Gasteiger partial charge >= 0.3 is 0 Å². The number of hydrogen-bond donors (Lipinski definition) is 2. The fourth-order valence-electron chi connectivity index (χ4n) is 9.52. The van der Waals surface area contributed by atoms with Crippen molar-refractivity contribution in [2.75, 3.05) is 6.61 Å². The van der Waals surface area contributed by atoms with E-state index in [-0.39, 0.29) is 17.7 Å². The van der Waals surface area contributed by atoms with Crippen LogP contribution in [0.1, 0.15) is 98.8 Å². The lowest BCUT2D eigenvalue weighted by Gasteiger charge is -2.62. The quantitative estimate of drug-likeness (QED) is 0.592. The maximum absolute atomic E-state index is 11.4. The Morgan fingerprint density at radius 3 is 2.41 bits per heavy atom. The van der Waals surface area contributed by atoms with E-state index in [4.69, 9.17) is 9.73 Å². The minimum atomic E-state index is -0.175. The first-order valence-electron chi connectivity index (χ1n) is 13.6. The van der Waals surface area contributed by atoms with E-state index in [1.165, 1.54) is 25.7 Å². The van der Waals surface area contributed by atoms with Gasteiger partial charge in [-0.2, -0.15) is 0 Å². The lowest BCUT2D eigenvalue weighted by Crippen LogP contribution is -2.58. The number of hydrogen-bond acceptors (Lipinski definition) is 4. The van der Waals surface area contributed by atoms with Gasteiger partial charge in [-0.25, -0.2) is 4.99 Å². The van der Waals surface area contributed by atoms with Crippen LogP contribution in [-0.2, 0) is 4.74 Å².